The van der Waals surface area contributed by atoms with Gasteiger partial charge < -0.3 is 20.9 Å². The Morgan fingerprint density at radius 2 is 1.09 bits per heavy atom. The zero-order valence-corrected chi connectivity index (χ0v) is 28.9. The lowest BCUT2D eigenvalue weighted by molar-refractivity contribution is 0.0592. The molecule has 0 saturated carbocycles. The average molecular weight is 729 g/mol. The van der Waals surface area contributed by atoms with E-state index in [4.69, 9.17) is 31.1 Å². The number of hydrogen-bond acceptors (Lipinski definition) is 18. The summed E-state index contributed by atoms with van der Waals surface area (Å²) in [6.07, 6.45) is 7.08. The zero-order chi connectivity index (χ0) is 37.9. The summed E-state index contributed by atoms with van der Waals surface area (Å²) in [6.45, 7) is 0. The predicted octanol–water partition coefficient (Wildman–Crippen LogP) is 4.01. The van der Waals surface area contributed by atoms with Gasteiger partial charge in [-0.1, -0.05) is 12.1 Å². The number of rotatable bonds is 10. The SMILES string of the molecule is COC(=O)c1cnn(C)c1N=Nc1c(-c2ccccn2)nn(-c2cc(-n3nc(-c4ccccn4)c(N=Nc4c(C(=O)OC)cnn4C)c3N)ncn2)c1N. The van der Waals surface area contributed by atoms with Crippen molar-refractivity contribution in [3.63, 3.8) is 0 Å². The molecule has 0 saturated heterocycles. The number of carbonyl (C=O) groups excluding carboxylic acids is 2. The number of esters is 2. The third-order valence-electron chi connectivity index (χ3n) is 7.79. The van der Waals surface area contributed by atoms with Crippen molar-refractivity contribution in [3.8, 4) is 34.4 Å². The molecule has 0 aliphatic rings. The van der Waals surface area contributed by atoms with Gasteiger partial charge in [0, 0.05) is 32.6 Å². The van der Waals surface area contributed by atoms with E-state index in [1.807, 2.05) is 0 Å². The molecule has 0 aliphatic heterocycles. The van der Waals surface area contributed by atoms with Crippen molar-refractivity contribution < 1.29 is 19.1 Å². The predicted molar refractivity (Wildman–Crippen MR) is 189 cm³/mol. The Hall–Kier alpha value is -8.04. The van der Waals surface area contributed by atoms with Gasteiger partial charge in [0.1, 0.15) is 28.8 Å². The number of pyridine rings is 2. The minimum Gasteiger partial charge on any atom is -0.465 e. The number of ether oxygens (including phenoxy) is 2. The van der Waals surface area contributed by atoms with E-state index in [1.54, 1.807) is 62.9 Å². The third kappa shape index (κ3) is 6.25. The molecule has 22 heteroatoms. The summed E-state index contributed by atoms with van der Waals surface area (Å²) in [4.78, 5) is 42.3. The van der Waals surface area contributed by atoms with Crippen molar-refractivity contribution in [2.45, 2.75) is 0 Å². The van der Waals surface area contributed by atoms with Crippen molar-refractivity contribution in [2.75, 3.05) is 25.7 Å². The number of nitrogens with zero attached hydrogens (tertiary/aromatic N) is 16. The molecular formula is C32H28N18O4. The summed E-state index contributed by atoms with van der Waals surface area (Å²) in [5, 5.41) is 34.9. The molecule has 0 spiro atoms. The molecule has 0 unspecified atom stereocenters. The van der Waals surface area contributed by atoms with Crippen LogP contribution in [0.25, 0.3) is 34.4 Å². The van der Waals surface area contributed by atoms with Crippen molar-refractivity contribution in [1.29, 1.82) is 0 Å². The molecule has 7 rings (SSSR count). The van der Waals surface area contributed by atoms with Crippen LogP contribution >= 0.6 is 0 Å². The first kappa shape index (κ1) is 34.4. The molecule has 7 aromatic rings. The summed E-state index contributed by atoms with van der Waals surface area (Å²) in [5.41, 5.74) is 15.2. The van der Waals surface area contributed by atoms with Crippen LogP contribution in [-0.2, 0) is 23.6 Å². The Balaban J connectivity index is 1.33. The minimum absolute atomic E-state index is 0.0283. The number of nitrogen functional groups attached to an aromatic ring is 2. The molecule has 0 atom stereocenters. The lowest BCUT2D eigenvalue weighted by Gasteiger charge is -2.06. The smallest absolute Gasteiger partial charge is 0.343 e. The zero-order valence-electron chi connectivity index (χ0n) is 28.9. The summed E-state index contributed by atoms with van der Waals surface area (Å²) < 4.78 is 15.1. The van der Waals surface area contributed by atoms with Crippen molar-refractivity contribution in [3.05, 3.63) is 84.7 Å². The first-order valence-corrected chi connectivity index (χ1v) is 15.7. The van der Waals surface area contributed by atoms with E-state index >= 15 is 0 Å². The molecule has 270 valence electrons. The van der Waals surface area contributed by atoms with Crippen LogP contribution in [0.4, 0.5) is 34.6 Å². The van der Waals surface area contributed by atoms with Gasteiger partial charge in [0.2, 0.25) is 0 Å². The fraction of sp³-hybridized carbons (Fsp3) is 0.125. The van der Waals surface area contributed by atoms with Gasteiger partial charge in [0.05, 0.1) is 38.0 Å². The molecule has 22 nitrogen and oxygen atoms in total. The van der Waals surface area contributed by atoms with Crippen molar-refractivity contribution in [2.24, 2.45) is 34.6 Å². The summed E-state index contributed by atoms with van der Waals surface area (Å²) >= 11 is 0. The van der Waals surface area contributed by atoms with E-state index in [0.717, 1.165) is 0 Å². The summed E-state index contributed by atoms with van der Waals surface area (Å²) in [6, 6.07) is 12.0. The molecular weight excluding hydrogens is 700 g/mol. The van der Waals surface area contributed by atoms with E-state index in [-0.39, 0.29) is 68.8 Å². The van der Waals surface area contributed by atoms with E-state index in [9.17, 15) is 9.59 Å². The second-order valence-electron chi connectivity index (χ2n) is 11.0. The Bertz CT molecular complexity index is 2400. The molecule has 0 amide bonds. The van der Waals surface area contributed by atoms with Gasteiger partial charge in [-0.25, -0.2) is 28.9 Å². The lowest BCUT2D eigenvalue weighted by atomic mass is 10.2. The second kappa shape index (κ2) is 14.3. The van der Waals surface area contributed by atoms with Gasteiger partial charge in [-0.3, -0.25) is 9.97 Å². The van der Waals surface area contributed by atoms with E-state index in [0.29, 0.717) is 11.4 Å². The molecule has 0 fully saturated rings. The maximum absolute atomic E-state index is 12.3. The van der Waals surface area contributed by atoms with Gasteiger partial charge in [-0.15, -0.1) is 20.5 Å². The molecule has 0 bridgehead atoms. The van der Waals surface area contributed by atoms with E-state index in [1.165, 1.54) is 57.7 Å². The largest absolute Gasteiger partial charge is 0.465 e. The van der Waals surface area contributed by atoms with Crippen molar-refractivity contribution in [1.82, 2.24) is 59.1 Å². The van der Waals surface area contributed by atoms with Gasteiger partial charge >= 0.3 is 11.9 Å². The van der Waals surface area contributed by atoms with Crippen LogP contribution in [0.3, 0.4) is 0 Å². The highest BCUT2D eigenvalue weighted by atomic mass is 16.5. The minimum atomic E-state index is -0.643. The molecule has 7 heterocycles. The number of hydrogen-bond donors (Lipinski definition) is 2. The molecule has 0 aliphatic carbocycles. The van der Waals surface area contributed by atoms with Crippen molar-refractivity contribution >= 4 is 46.6 Å². The standard InChI is InChI=1S/C32H28N18O4/c1-47-29(17(14-39-47)31(51)53-3)43-41-25-23(19-9-5-7-11-35-19)45-49(27(25)33)21-13-22(38-16-37-21)50-28(34)26(24(46-50)20-10-6-8-12-36-20)42-44-30-18(32(52)54-4)15-40-48(30)2/h5-16H,33-34H2,1-4H3. The molecule has 7 aromatic heterocycles. The Morgan fingerprint density at radius 1 is 0.648 bits per heavy atom. The topological polar surface area (TPSA) is 277 Å². The maximum atomic E-state index is 12.3. The molecule has 4 N–H and O–H groups in total. The molecule has 0 radical (unpaired) electrons. The van der Waals surface area contributed by atoms with Crippen LogP contribution in [0.1, 0.15) is 20.7 Å². The van der Waals surface area contributed by atoms with Crippen LogP contribution in [-0.4, -0.2) is 85.2 Å². The number of azo groups is 2. The number of anilines is 2. The number of aromatic nitrogens is 12. The van der Waals surface area contributed by atoms with Crippen LogP contribution in [0.5, 0.6) is 0 Å². The Kier molecular flexibility index (Phi) is 9.11. The summed E-state index contributed by atoms with van der Waals surface area (Å²) in [5.74, 6) is -0.585. The summed E-state index contributed by atoms with van der Waals surface area (Å²) in [7, 11) is 5.69. The van der Waals surface area contributed by atoms with Crippen LogP contribution < -0.4 is 11.5 Å². The van der Waals surface area contributed by atoms with Gasteiger partial charge in [-0.2, -0.15) is 29.8 Å². The second-order valence-corrected chi connectivity index (χ2v) is 11.0. The first-order chi connectivity index (χ1) is 26.2. The fourth-order valence-corrected chi connectivity index (χ4v) is 5.11. The fourth-order valence-electron chi connectivity index (χ4n) is 5.11. The number of aryl methyl sites for hydroxylation is 2. The lowest BCUT2D eigenvalue weighted by Crippen LogP contribution is -2.09. The maximum Gasteiger partial charge on any atom is 0.343 e. The van der Waals surface area contributed by atoms with Crippen LogP contribution in [0.15, 0.2) is 94.0 Å². The van der Waals surface area contributed by atoms with E-state index < -0.39 is 11.9 Å². The Morgan fingerprint density at radius 3 is 1.48 bits per heavy atom. The van der Waals surface area contributed by atoms with Gasteiger partial charge in [-0.05, 0) is 24.3 Å². The van der Waals surface area contributed by atoms with Gasteiger partial charge in [0.25, 0.3) is 0 Å². The van der Waals surface area contributed by atoms with E-state index in [2.05, 4.69) is 50.6 Å². The number of carbonyl (C=O) groups is 2. The monoisotopic (exact) mass is 728 g/mol. The average Bonchev–Trinajstić information content (AvgIpc) is 3.95. The van der Waals surface area contributed by atoms with Crippen LogP contribution in [0, 0.1) is 0 Å². The number of nitrogens with two attached hydrogens (primary N) is 2. The first-order valence-electron chi connectivity index (χ1n) is 15.7. The van der Waals surface area contributed by atoms with Gasteiger partial charge in [0.15, 0.2) is 46.3 Å². The third-order valence-corrected chi connectivity index (χ3v) is 7.79. The quantitative estimate of drug-likeness (QED) is 0.149. The number of methoxy groups -OCH3 is 2. The highest BCUT2D eigenvalue weighted by molar-refractivity contribution is 5.94. The molecule has 54 heavy (non-hydrogen) atoms. The Labute approximate surface area is 303 Å². The normalized spacial score (nSPS) is 11.5. The molecule has 0 aromatic carbocycles. The highest BCUT2D eigenvalue weighted by Gasteiger charge is 2.25. The van der Waals surface area contributed by atoms with Crippen LogP contribution in [0.2, 0.25) is 0 Å². The highest BCUT2D eigenvalue weighted by Crippen LogP contribution is 2.39.